The Balaban J connectivity index is 2.02. The largest absolute Gasteiger partial charge is 0.399 e. The van der Waals surface area contributed by atoms with Crippen LogP contribution in [0, 0.1) is 0 Å². The molecule has 0 aromatic heterocycles. The number of carbonyl (C=O) groups excluding carboxylic acids is 1. The second kappa shape index (κ2) is 5.29. The van der Waals surface area contributed by atoms with Crippen LogP contribution in [0.4, 0.5) is 11.4 Å². The molecule has 0 saturated heterocycles. The van der Waals surface area contributed by atoms with Crippen LogP contribution in [0.15, 0.2) is 46.9 Å². The van der Waals surface area contributed by atoms with Gasteiger partial charge >= 0.3 is 0 Å². The molecule has 1 amide bonds. The average molecular weight is 331 g/mol. The first kappa shape index (κ1) is 13.2. The van der Waals surface area contributed by atoms with Gasteiger partial charge in [0.05, 0.1) is 5.56 Å². The van der Waals surface area contributed by atoms with Crippen molar-refractivity contribution in [2.45, 2.75) is 12.8 Å². The maximum Gasteiger partial charge on any atom is 0.259 e. The fourth-order valence-corrected chi connectivity index (χ4v) is 3.01. The van der Waals surface area contributed by atoms with Gasteiger partial charge in [-0.1, -0.05) is 18.2 Å². The third-order valence-corrected chi connectivity index (χ3v) is 4.27. The third kappa shape index (κ3) is 2.31. The number of halogens is 1. The van der Waals surface area contributed by atoms with E-state index in [9.17, 15) is 4.79 Å². The first-order chi connectivity index (χ1) is 9.66. The molecule has 2 aromatic rings. The number of hydrogen-bond acceptors (Lipinski definition) is 2. The number of para-hydroxylation sites is 1. The van der Waals surface area contributed by atoms with Gasteiger partial charge in [0.2, 0.25) is 0 Å². The monoisotopic (exact) mass is 330 g/mol. The van der Waals surface area contributed by atoms with Gasteiger partial charge in [-0.25, -0.2) is 0 Å². The van der Waals surface area contributed by atoms with Crippen molar-refractivity contribution >= 4 is 33.2 Å². The topological polar surface area (TPSA) is 46.3 Å². The average Bonchev–Trinajstić information content (AvgIpc) is 2.48. The van der Waals surface area contributed by atoms with E-state index in [0.717, 1.165) is 29.5 Å². The van der Waals surface area contributed by atoms with Crippen LogP contribution in [-0.2, 0) is 6.42 Å². The number of rotatable bonds is 1. The Labute approximate surface area is 126 Å². The molecule has 0 atom stereocenters. The minimum absolute atomic E-state index is 0.00340. The second-order valence-electron chi connectivity index (χ2n) is 4.93. The lowest BCUT2D eigenvalue weighted by molar-refractivity contribution is 0.0984. The van der Waals surface area contributed by atoms with E-state index in [1.54, 1.807) is 12.1 Å². The fraction of sp³-hybridized carbons (Fsp3) is 0.188. The quantitative estimate of drug-likeness (QED) is 0.811. The summed E-state index contributed by atoms with van der Waals surface area (Å²) in [6.07, 6.45) is 2.01. The summed E-state index contributed by atoms with van der Waals surface area (Å²) in [7, 11) is 0. The Morgan fingerprint density at radius 1 is 1.20 bits per heavy atom. The number of fused-ring (bicyclic) bond motifs is 1. The van der Waals surface area contributed by atoms with Crippen LogP contribution in [0.1, 0.15) is 22.3 Å². The van der Waals surface area contributed by atoms with Crippen molar-refractivity contribution in [1.82, 2.24) is 0 Å². The normalized spacial score (nSPS) is 13.9. The Hall–Kier alpha value is -1.81. The molecule has 2 aromatic carbocycles. The maximum atomic E-state index is 12.8. The molecule has 102 valence electrons. The zero-order valence-corrected chi connectivity index (χ0v) is 12.6. The Kier molecular flexibility index (Phi) is 3.49. The molecule has 0 unspecified atom stereocenters. The lowest BCUT2D eigenvalue weighted by atomic mass is 10.0. The van der Waals surface area contributed by atoms with E-state index in [2.05, 4.69) is 22.0 Å². The Bertz CT molecular complexity index is 669. The highest BCUT2D eigenvalue weighted by Crippen LogP contribution is 2.30. The number of carbonyl (C=O) groups is 1. The smallest absolute Gasteiger partial charge is 0.259 e. The van der Waals surface area contributed by atoms with Crippen molar-refractivity contribution in [3.05, 3.63) is 58.1 Å². The Morgan fingerprint density at radius 3 is 2.85 bits per heavy atom. The number of aryl methyl sites for hydroxylation is 1. The minimum atomic E-state index is -0.00340. The van der Waals surface area contributed by atoms with Crippen LogP contribution in [-0.4, -0.2) is 12.5 Å². The summed E-state index contributed by atoms with van der Waals surface area (Å²) >= 11 is 3.43. The number of nitrogens with zero attached hydrogens (tertiary/aromatic N) is 1. The molecular formula is C16H15BrN2O. The molecule has 0 saturated carbocycles. The standard InChI is InChI=1S/C16H15BrN2O/c17-14-8-7-12(18)10-13(14)16(20)19-9-3-5-11-4-1-2-6-15(11)19/h1-2,4,6-8,10H,3,5,9,18H2. The van der Waals surface area contributed by atoms with Gasteiger partial charge in [-0.3, -0.25) is 4.79 Å². The molecule has 0 spiro atoms. The van der Waals surface area contributed by atoms with Crippen LogP contribution >= 0.6 is 15.9 Å². The van der Waals surface area contributed by atoms with E-state index in [-0.39, 0.29) is 5.91 Å². The lowest BCUT2D eigenvalue weighted by Gasteiger charge is -2.29. The molecule has 1 aliphatic heterocycles. The van der Waals surface area contributed by atoms with Gasteiger partial charge in [-0.2, -0.15) is 0 Å². The van der Waals surface area contributed by atoms with E-state index >= 15 is 0 Å². The van der Waals surface area contributed by atoms with Crippen molar-refractivity contribution in [1.29, 1.82) is 0 Å². The highest BCUT2D eigenvalue weighted by atomic mass is 79.9. The number of nitrogen functional groups attached to an aromatic ring is 1. The molecular weight excluding hydrogens is 316 g/mol. The van der Waals surface area contributed by atoms with Gasteiger partial charge in [0.25, 0.3) is 5.91 Å². The summed E-state index contributed by atoms with van der Waals surface area (Å²) in [6.45, 7) is 0.747. The van der Waals surface area contributed by atoms with Gasteiger partial charge in [-0.05, 0) is 58.6 Å². The van der Waals surface area contributed by atoms with Crippen molar-refractivity contribution in [2.75, 3.05) is 17.2 Å². The fourth-order valence-electron chi connectivity index (χ4n) is 2.60. The Morgan fingerprint density at radius 2 is 2.00 bits per heavy atom. The highest BCUT2D eigenvalue weighted by Gasteiger charge is 2.24. The SMILES string of the molecule is Nc1ccc(Br)c(C(=O)N2CCCc3ccccc32)c1. The maximum absolute atomic E-state index is 12.8. The van der Waals surface area contributed by atoms with Crippen LogP contribution in [0.5, 0.6) is 0 Å². The summed E-state index contributed by atoms with van der Waals surface area (Å²) in [5.74, 6) is -0.00340. The molecule has 0 radical (unpaired) electrons. The van der Waals surface area contributed by atoms with E-state index in [1.165, 1.54) is 5.56 Å². The highest BCUT2D eigenvalue weighted by molar-refractivity contribution is 9.10. The predicted molar refractivity (Wildman–Crippen MR) is 85.0 cm³/mol. The number of hydrogen-bond donors (Lipinski definition) is 1. The van der Waals surface area contributed by atoms with E-state index in [4.69, 9.17) is 5.73 Å². The predicted octanol–water partition coefficient (Wildman–Crippen LogP) is 3.62. The second-order valence-corrected chi connectivity index (χ2v) is 5.78. The summed E-state index contributed by atoms with van der Waals surface area (Å²) in [6, 6.07) is 13.4. The van der Waals surface area contributed by atoms with Crippen LogP contribution in [0.25, 0.3) is 0 Å². The molecule has 3 nitrogen and oxygen atoms in total. The van der Waals surface area contributed by atoms with Crippen LogP contribution in [0.2, 0.25) is 0 Å². The van der Waals surface area contributed by atoms with Gasteiger partial charge in [0.1, 0.15) is 0 Å². The molecule has 2 N–H and O–H groups in total. The summed E-state index contributed by atoms with van der Waals surface area (Å²) < 4.78 is 0.778. The first-order valence-corrected chi connectivity index (χ1v) is 7.41. The van der Waals surface area contributed by atoms with Crippen molar-refractivity contribution in [2.24, 2.45) is 0 Å². The molecule has 0 bridgehead atoms. The van der Waals surface area contributed by atoms with E-state index in [1.807, 2.05) is 29.2 Å². The van der Waals surface area contributed by atoms with Gasteiger partial charge < -0.3 is 10.6 Å². The van der Waals surface area contributed by atoms with Crippen LogP contribution < -0.4 is 10.6 Å². The summed E-state index contributed by atoms with van der Waals surface area (Å²) in [5, 5.41) is 0. The van der Waals surface area contributed by atoms with Crippen molar-refractivity contribution < 1.29 is 4.79 Å². The molecule has 0 fully saturated rings. The first-order valence-electron chi connectivity index (χ1n) is 6.61. The van der Waals surface area contributed by atoms with Crippen molar-refractivity contribution in [3.63, 3.8) is 0 Å². The van der Waals surface area contributed by atoms with Gasteiger partial charge in [0.15, 0.2) is 0 Å². The molecule has 0 aliphatic carbocycles. The number of nitrogens with two attached hydrogens (primary N) is 1. The molecule has 1 aliphatic rings. The third-order valence-electron chi connectivity index (χ3n) is 3.58. The zero-order chi connectivity index (χ0) is 14.1. The van der Waals surface area contributed by atoms with E-state index < -0.39 is 0 Å². The molecule has 20 heavy (non-hydrogen) atoms. The number of benzene rings is 2. The van der Waals surface area contributed by atoms with E-state index in [0.29, 0.717) is 11.3 Å². The number of anilines is 2. The number of amides is 1. The van der Waals surface area contributed by atoms with Gasteiger partial charge in [-0.15, -0.1) is 0 Å². The molecule has 4 heteroatoms. The summed E-state index contributed by atoms with van der Waals surface area (Å²) in [4.78, 5) is 14.6. The minimum Gasteiger partial charge on any atom is -0.399 e. The van der Waals surface area contributed by atoms with Crippen molar-refractivity contribution in [3.8, 4) is 0 Å². The zero-order valence-electron chi connectivity index (χ0n) is 11.0. The molecule has 3 rings (SSSR count). The lowest BCUT2D eigenvalue weighted by Crippen LogP contribution is -2.35. The molecule has 1 heterocycles. The van der Waals surface area contributed by atoms with Crippen LogP contribution in [0.3, 0.4) is 0 Å². The van der Waals surface area contributed by atoms with Gasteiger partial charge in [0, 0.05) is 22.4 Å². The summed E-state index contributed by atoms with van der Waals surface area (Å²) in [5.41, 5.74) is 9.25.